The molecule has 0 bridgehead atoms. The largest absolute Gasteiger partial charge is 0.490 e. The molecule has 15 heavy (non-hydrogen) atoms. The van der Waals surface area contributed by atoms with Crippen molar-refractivity contribution < 1.29 is 10.0 Å². The zero-order valence-electron chi connectivity index (χ0n) is 8.20. The Bertz CT molecular complexity index is 456. The summed E-state index contributed by atoms with van der Waals surface area (Å²) in [6, 6.07) is 5.12. The topological polar surface area (TPSA) is 71.2 Å². The number of aromatic nitrogens is 3. The summed E-state index contributed by atoms with van der Waals surface area (Å²) in [5.41, 5.74) is 0.990. The van der Waals surface area contributed by atoms with Crippen molar-refractivity contribution in [1.82, 2.24) is 14.8 Å². The van der Waals surface area contributed by atoms with Gasteiger partial charge in [-0.1, -0.05) is 6.07 Å². The number of hydrogen-bond acceptors (Lipinski definition) is 4. The number of nitrogens with zero attached hydrogens (tertiary/aromatic N) is 3. The normalized spacial score (nSPS) is 10.3. The van der Waals surface area contributed by atoms with E-state index in [-0.39, 0.29) is 0 Å². The van der Waals surface area contributed by atoms with E-state index in [1.54, 1.807) is 42.2 Å². The van der Waals surface area contributed by atoms with Crippen LogP contribution in [0, 0.1) is 6.92 Å². The first-order valence-corrected chi connectivity index (χ1v) is 4.52. The van der Waals surface area contributed by atoms with Gasteiger partial charge in [0.2, 0.25) is 0 Å². The molecule has 2 aromatic rings. The van der Waals surface area contributed by atoms with E-state index < -0.39 is 7.12 Å². The van der Waals surface area contributed by atoms with E-state index in [0.29, 0.717) is 17.0 Å². The molecular formula is C9H10BN3O2. The molecule has 2 N–H and O–H groups in total. The lowest BCUT2D eigenvalue weighted by Crippen LogP contribution is -2.33. The van der Waals surface area contributed by atoms with E-state index in [4.69, 9.17) is 10.0 Å². The minimum absolute atomic E-state index is 0.408. The summed E-state index contributed by atoms with van der Waals surface area (Å²) in [5, 5.41) is 22.1. The Morgan fingerprint density at radius 2 is 2.13 bits per heavy atom. The van der Waals surface area contributed by atoms with Crippen LogP contribution in [0.15, 0.2) is 30.6 Å². The second kappa shape index (κ2) is 3.84. The molecule has 0 unspecified atom stereocenters. The van der Waals surface area contributed by atoms with E-state index in [1.807, 2.05) is 0 Å². The molecule has 5 nitrogen and oxygen atoms in total. The lowest BCUT2D eigenvalue weighted by Gasteiger charge is -2.06. The molecule has 0 fully saturated rings. The van der Waals surface area contributed by atoms with Gasteiger partial charge in [0, 0.05) is 23.6 Å². The lowest BCUT2D eigenvalue weighted by molar-refractivity contribution is 0.425. The van der Waals surface area contributed by atoms with E-state index >= 15 is 0 Å². The molecule has 0 aliphatic carbocycles. The van der Waals surface area contributed by atoms with Crippen LogP contribution in [-0.2, 0) is 0 Å². The Morgan fingerprint density at radius 1 is 1.33 bits per heavy atom. The summed E-state index contributed by atoms with van der Waals surface area (Å²) in [5.74, 6) is 0.655. The van der Waals surface area contributed by atoms with E-state index in [0.717, 1.165) is 0 Å². The van der Waals surface area contributed by atoms with Crippen LogP contribution in [0.4, 0.5) is 0 Å². The highest BCUT2D eigenvalue weighted by Crippen LogP contribution is 2.02. The van der Waals surface area contributed by atoms with Crippen molar-refractivity contribution in [3.05, 3.63) is 36.3 Å². The highest BCUT2D eigenvalue weighted by Gasteiger charge is 2.15. The van der Waals surface area contributed by atoms with Crippen molar-refractivity contribution in [2.24, 2.45) is 0 Å². The molecule has 0 aliphatic rings. The summed E-state index contributed by atoms with van der Waals surface area (Å²) >= 11 is 0. The van der Waals surface area contributed by atoms with Gasteiger partial charge in [0.25, 0.3) is 0 Å². The maximum Gasteiger partial charge on any atom is 0.490 e. The van der Waals surface area contributed by atoms with Crippen molar-refractivity contribution in [3.63, 3.8) is 0 Å². The van der Waals surface area contributed by atoms with Crippen LogP contribution in [0.5, 0.6) is 0 Å². The van der Waals surface area contributed by atoms with Gasteiger partial charge in [0.05, 0.1) is 0 Å². The minimum atomic E-state index is -1.48. The first-order valence-electron chi connectivity index (χ1n) is 4.52. The van der Waals surface area contributed by atoms with Crippen LogP contribution in [0.2, 0.25) is 0 Å². The van der Waals surface area contributed by atoms with Crippen molar-refractivity contribution in [1.29, 1.82) is 0 Å². The Balaban J connectivity index is 2.42. The third-order valence-electron chi connectivity index (χ3n) is 2.13. The Morgan fingerprint density at radius 3 is 2.67 bits per heavy atom. The summed E-state index contributed by atoms with van der Waals surface area (Å²) in [6.45, 7) is 1.72. The van der Waals surface area contributed by atoms with Crippen LogP contribution >= 0.6 is 0 Å². The highest BCUT2D eigenvalue weighted by molar-refractivity contribution is 6.59. The Hall–Kier alpha value is -1.66. The SMILES string of the molecule is Cc1nc(-n2cccn2)ccc1B(O)O. The second-order valence-corrected chi connectivity index (χ2v) is 3.17. The zero-order valence-corrected chi connectivity index (χ0v) is 8.20. The number of hydrogen-bond donors (Lipinski definition) is 2. The molecule has 2 aromatic heterocycles. The lowest BCUT2D eigenvalue weighted by atomic mass is 9.79. The summed E-state index contributed by atoms with van der Waals surface area (Å²) in [6.07, 6.45) is 3.43. The van der Waals surface area contributed by atoms with Gasteiger partial charge in [-0.05, 0) is 19.1 Å². The number of pyridine rings is 1. The molecule has 0 saturated carbocycles. The van der Waals surface area contributed by atoms with Gasteiger partial charge in [0.15, 0.2) is 5.82 Å². The van der Waals surface area contributed by atoms with Crippen LogP contribution in [-0.4, -0.2) is 31.9 Å². The zero-order chi connectivity index (χ0) is 10.8. The molecule has 2 heterocycles. The molecule has 0 aromatic carbocycles. The van der Waals surface area contributed by atoms with Gasteiger partial charge in [-0.15, -0.1) is 0 Å². The molecule has 6 heteroatoms. The molecule has 2 rings (SSSR count). The second-order valence-electron chi connectivity index (χ2n) is 3.17. The predicted molar refractivity (Wildman–Crippen MR) is 55.9 cm³/mol. The van der Waals surface area contributed by atoms with Gasteiger partial charge in [-0.2, -0.15) is 5.10 Å². The minimum Gasteiger partial charge on any atom is -0.423 e. The van der Waals surface area contributed by atoms with E-state index in [1.165, 1.54) is 0 Å². The molecule has 0 spiro atoms. The van der Waals surface area contributed by atoms with Crippen LogP contribution < -0.4 is 5.46 Å². The fraction of sp³-hybridized carbons (Fsp3) is 0.111. The smallest absolute Gasteiger partial charge is 0.423 e. The predicted octanol–water partition coefficient (Wildman–Crippen LogP) is -0.744. The van der Waals surface area contributed by atoms with Gasteiger partial charge in [0.1, 0.15) is 0 Å². The first-order chi connectivity index (χ1) is 7.18. The third kappa shape index (κ3) is 1.90. The molecule has 0 amide bonds. The third-order valence-corrected chi connectivity index (χ3v) is 2.13. The number of rotatable bonds is 2. The monoisotopic (exact) mass is 203 g/mol. The summed E-state index contributed by atoms with van der Waals surface area (Å²) in [7, 11) is -1.48. The van der Waals surface area contributed by atoms with Crippen LogP contribution in [0.1, 0.15) is 5.69 Å². The van der Waals surface area contributed by atoms with Crippen molar-refractivity contribution in [2.45, 2.75) is 6.92 Å². The molecule has 0 radical (unpaired) electrons. The van der Waals surface area contributed by atoms with Gasteiger partial charge in [-0.25, -0.2) is 9.67 Å². The van der Waals surface area contributed by atoms with Crippen LogP contribution in [0.25, 0.3) is 5.82 Å². The molecule has 0 saturated heterocycles. The van der Waals surface area contributed by atoms with Gasteiger partial charge < -0.3 is 10.0 Å². The maximum atomic E-state index is 9.02. The van der Waals surface area contributed by atoms with E-state index in [9.17, 15) is 0 Å². The molecular weight excluding hydrogens is 193 g/mol. The summed E-state index contributed by atoms with van der Waals surface area (Å²) < 4.78 is 1.61. The van der Waals surface area contributed by atoms with Crippen molar-refractivity contribution in [3.8, 4) is 5.82 Å². The highest BCUT2D eigenvalue weighted by atomic mass is 16.4. The van der Waals surface area contributed by atoms with Crippen molar-refractivity contribution >= 4 is 12.6 Å². The van der Waals surface area contributed by atoms with E-state index in [2.05, 4.69) is 10.1 Å². The Labute approximate surface area is 87.2 Å². The summed E-state index contributed by atoms with van der Waals surface area (Å²) in [4.78, 5) is 4.22. The van der Waals surface area contributed by atoms with Gasteiger partial charge >= 0.3 is 7.12 Å². The average molecular weight is 203 g/mol. The van der Waals surface area contributed by atoms with Gasteiger partial charge in [-0.3, -0.25) is 0 Å². The molecule has 0 aliphatic heterocycles. The standard InChI is InChI=1S/C9H10BN3O2/c1-7-8(10(14)15)3-4-9(12-7)13-6-2-5-11-13/h2-6,14-15H,1H3. The molecule has 0 atom stereocenters. The maximum absolute atomic E-state index is 9.02. The average Bonchev–Trinajstić information content (AvgIpc) is 2.69. The fourth-order valence-electron chi connectivity index (χ4n) is 1.36. The van der Waals surface area contributed by atoms with Crippen LogP contribution in [0.3, 0.4) is 0 Å². The number of aryl methyl sites for hydroxylation is 1. The Kier molecular flexibility index (Phi) is 2.53. The molecule has 76 valence electrons. The van der Waals surface area contributed by atoms with Crippen molar-refractivity contribution in [2.75, 3.05) is 0 Å². The first kappa shape index (κ1) is 9.88. The quantitative estimate of drug-likeness (QED) is 0.630. The fourth-order valence-corrected chi connectivity index (χ4v) is 1.36.